The molecule has 3 N–H and O–H groups in total. The van der Waals surface area contributed by atoms with Crippen LogP contribution in [0, 0.1) is 17.5 Å². The summed E-state index contributed by atoms with van der Waals surface area (Å²) < 4.78 is 59.6. The minimum absolute atomic E-state index is 0.0410. The van der Waals surface area contributed by atoms with E-state index in [0.717, 1.165) is 23.2 Å². The van der Waals surface area contributed by atoms with Crippen LogP contribution in [0.1, 0.15) is 32.2 Å². The maximum Gasteiger partial charge on any atom is 0.332 e. The first-order valence-electron chi connectivity index (χ1n) is 10.7. The number of aromatic nitrogens is 3. The Balaban J connectivity index is 1.77. The summed E-state index contributed by atoms with van der Waals surface area (Å²) in [5.74, 6) is -7.21. The SMILES string of the molecule is C[C@@H](O[C@@H]1[C@@H](n2cc(-c3cc(F)c(F)c(F)c3)nn2)[C@@H](O)[C@@H](CO)O[C@@]12CCCCO2)C(=O)O. The highest BCUT2D eigenvalue weighted by atomic mass is 19.2. The summed E-state index contributed by atoms with van der Waals surface area (Å²) in [5.41, 5.74) is -0.149. The van der Waals surface area contributed by atoms with Crippen molar-refractivity contribution in [2.45, 2.75) is 62.4 Å². The van der Waals surface area contributed by atoms with E-state index in [9.17, 15) is 33.3 Å². The van der Waals surface area contributed by atoms with E-state index in [1.54, 1.807) is 0 Å². The molecule has 1 spiro atoms. The van der Waals surface area contributed by atoms with Gasteiger partial charge in [-0.15, -0.1) is 5.10 Å². The molecule has 2 aromatic rings. The summed E-state index contributed by atoms with van der Waals surface area (Å²) >= 11 is 0. The van der Waals surface area contributed by atoms with Crippen LogP contribution in [0.3, 0.4) is 0 Å². The van der Waals surface area contributed by atoms with Crippen molar-refractivity contribution in [3.05, 3.63) is 35.8 Å². The first kappa shape index (κ1) is 24.5. The summed E-state index contributed by atoms with van der Waals surface area (Å²) in [6, 6.07) is 0.341. The van der Waals surface area contributed by atoms with Gasteiger partial charge in [0, 0.05) is 12.0 Å². The van der Waals surface area contributed by atoms with Crippen molar-refractivity contribution in [2.24, 2.45) is 0 Å². The number of halogens is 3. The van der Waals surface area contributed by atoms with E-state index in [1.807, 2.05) is 0 Å². The Bertz CT molecular complexity index is 1020. The summed E-state index contributed by atoms with van der Waals surface area (Å²) in [7, 11) is 0. The quantitative estimate of drug-likeness (QED) is 0.517. The van der Waals surface area contributed by atoms with Crippen molar-refractivity contribution in [1.29, 1.82) is 0 Å². The van der Waals surface area contributed by atoms with Crippen LogP contribution in [0.5, 0.6) is 0 Å². The largest absolute Gasteiger partial charge is 0.479 e. The van der Waals surface area contributed by atoms with E-state index in [-0.39, 0.29) is 17.9 Å². The Labute approximate surface area is 191 Å². The summed E-state index contributed by atoms with van der Waals surface area (Å²) in [6.45, 7) is 0.996. The van der Waals surface area contributed by atoms with E-state index in [4.69, 9.17) is 14.2 Å². The van der Waals surface area contributed by atoms with Gasteiger partial charge in [-0.05, 0) is 31.9 Å². The lowest BCUT2D eigenvalue weighted by Gasteiger charge is -2.52. The molecule has 4 rings (SSSR count). The van der Waals surface area contributed by atoms with Gasteiger partial charge in [-0.1, -0.05) is 5.21 Å². The van der Waals surface area contributed by atoms with Crippen LogP contribution in [0.2, 0.25) is 0 Å². The first-order valence-corrected chi connectivity index (χ1v) is 10.7. The summed E-state index contributed by atoms with van der Waals surface area (Å²) in [4.78, 5) is 11.5. The van der Waals surface area contributed by atoms with E-state index >= 15 is 0 Å². The monoisotopic (exact) mass is 487 g/mol. The number of ether oxygens (including phenoxy) is 3. The Morgan fingerprint density at radius 2 is 2.03 bits per heavy atom. The molecule has 6 atom stereocenters. The van der Waals surface area contributed by atoms with E-state index < -0.39 is 66.3 Å². The zero-order valence-corrected chi connectivity index (χ0v) is 18.1. The van der Waals surface area contributed by atoms with Gasteiger partial charge >= 0.3 is 5.97 Å². The third-order valence-electron chi connectivity index (χ3n) is 6.07. The predicted molar refractivity (Wildman–Crippen MR) is 107 cm³/mol. The number of benzene rings is 1. The van der Waals surface area contributed by atoms with Gasteiger partial charge in [0.25, 0.3) is 0 Å². The number of hydrogen-bond acceptors (Lipinski definition) is 8. The molecular weight excluding hydrogens is 463 g/mol. The molecule has 1 aromatic heterocycles. The molecule has 2 aliphatic heterocycles. The van der Waals surface area contributed by atoms with Gasteiger partial charge in [-0.25, -0.2) is 22.6 Å². The third-order valence-corrected chi connectivity index (χ3v) is 6.07. The maximum absolute atomic E-state index is 13.7. The minimum Gasteiger partial charge on any atom is -0.479 e. The number of hydrogen-bond donors (Lipinski definition) is 3. The van der Waals surface area contributed by atoms with Crippen molar-refractivity contribution in [1.82, 2.24) is 15.0 Å². The van der Waals surface area contributed by atoms with Crippen molar-refractivity contribution in [3.8, 4) is 11.3 Å². The first-order chi connectivity index (χ1) is 16.2. The molecule has 3 heterocycles. The molecule has 2 saturated heterocycles. The lowest BCUT2D eigenvalue weighted by Crippen LogP contribution is -2.66. The predicted octanol–water partition coefficient (Wildman–Crippen LogP) is 1.41. The number of carbonyl (C=O) groups is 1. The van der Waals surface area contributed by atoms with E-state index in [1.165, 1.54) is 13.1 Å². The molecule has 186 valence electrons. The van der Waals surface area contributed by atoms with Crippen molar-refractivity contribution in [3.63, 3.8) is 0 Å². The van der Waals surface area contributed by atoms with Gasteiger partial charge in [-0.2, -0.15) is 0 Å². The molecule has 10 nitrogen and oxygen atoms in total. The Morgan fingerprint density at radius 3 is 2.62 bits per heavy atom. The molecule has 34 heavy (non-hydrogen) atoms. The molecule has 0 saturated carbocycles. The summed E-state index contributed by atoms with van der Waals surface area (Å²) in [6.07, 6.45) is -2.18. The fourth-order valence-electron chi connectivity index (χ4n) is 4.32. The smallest absolute Gasteiger partial charge is 0.332 e. The van der Waals surface area contributed by atoms with Crippen LogP contribution < -0.4 is 0 Å². The van der Waals surface area contributed by atoms with Crippen molar-refractivity contribution in [2.75, 3.05) is 13.2 Å². The van der Waals surface area contributed by atoms with Crippen LogP contribution in [0.15, 0.2) is 18.3 Å². The summed E-state index contributed by atoms with van der Waals surface area (Å²) in [5, 5.41) is 38.0. The van der Waals surface area contributed by atoms with Gasteiger partial charge < -0.3 is 29.5 Å². The fraction of sp³-hybridized carbons (Fsp3) is 0.571. The molecule has 0 radical (unpaired) electrons. The third kappa shape index (κ3) is 4.41. The Morgan fingerprint density at radius 1 is 1.32 bits per heavy atom. The average Bonchev–Trinajstić information content (AvgIpc) is 3.30. The van der Waals surface area contributed by atoms with Gasteiger partial charge in [0.15, 0.2) is 29.3 Å². The molecular formula is C21H24F3N3O7. The second kappa shape index (κ2) is 9.58. The second-order valence-corrected chi connectivity index (χ2v) is 8.31. The molecule has 13 heteroatoms. The minimum atomic E-state index is -1.63. The molecule has 0 amide bonds. The molecule has 0 bridgehead atoms. The van der Waals surface area contributed by atoms with E-state index in [0.29, 0.717) is 12.8 Å². The zero-order chi connectivity index (χ0) is 24.6. The molecule has 0 unspecified atom stereocenters. The highest BCUT2D eigenvalue weighted by molar-refractivity contribution is 5.71. The van der Waals surface area contributed by atoms with Crippen LogP contribution in [-0.4, -0.2) is 79.7 Å². The van der Waals surface area contributed by atoms with Crippen LogP contribution in [0.25, 0.3) is 11.3 Å². The number of aliphatic hydroxyl groups excluding tert-OH is 2. The Hall–Kier alpha value is -2.58. The standard InChI is InChI=1S/C21H24F3N3O7/c1-10(20(30)31)33-19-17(18(29)15(9-28)34-21(19)4-2-3-5-32-21)27-8-14(25-26-27)11-6-12(22)16(24)13(23)7-11/h6-8,10,15,17-19,28-29H,2-5,9H2,1H3,(H,30,31)/t10-,15-,17+,18+,19-,21+/m1/s1. The van der Waals surface area contributed by atoms with Gasteiger partial charge in [0.1, 0.15) is 30.0 Å². The lowest BCUT2D eigenvalue weighted by atomic mass is 9.86. The van der Waals surface area contributed by atoms with Gasteiger partial charge in [0.05, 0.1) is 19.4 Å². The fourth-order valence-corrected chi connectivity index (χ4v) is 4.32. The highest BCUT2D eigenvalue weighted by Crippen LogP contribution is 2.44. The van der Waals surface area contributed by atoms with Crippen LogP contribution in [0.4, 0.5) is 13.2 Å². The number of carboxylic acid groups (broad SMARTS) is 1. The molecule has 0 aliphatic carbocycles. The van der Waals surface area contributed by atoms with Gasteiger partial charge in [-0.3, -0.25) is 0 Å². The van der Waals surface area contributed by atoms with Crippen LogP contribution >= 0.6 is 0 Å². The van der Waals surface area contributed by atoms with Gasteiger partial charge in [0.2, 0.25) is 0 Å². The lowest BCUT2D eigenvalue weighted by molar-refractivity contribution is -0.374. The topological polar surface area (TPSA) is 136 Å². The number of carboxylic acids is 1. The van der Waals surface area contributed by atoms with Crippen molar-refractivity contribution < 1.29 is 47.5 Å². The average molecular weight is 487 g/mol. The highest BCUT2D eigenvalue weighted by Gasteiger charge is 2.58. The number of rotatable bonds is 6. The number of nitrogens with zero attached hydrogens (tertiary/aromatic N) is 3. The molecule has 2 fully saturated rings. The number of aliphatic carboxylic acids is 1. The normalized spacial score (nSPS) is 30.4. The zero-order valence-electron chi connectivity index (χ0n) is 18.1. The maximum atomic E-state index is 13.7. The number of aliphatic hydroxyl groups is 2. The Kier molecular flexibility index (Phi) is 6.92. The second-order valence-electron chi connectivity index (χ2n) is 8.31. The van der Waals surface area contributed by atoms with Crippen molar-refractivity contribution >= 4 is 5.97 Å². The van der Waals surface area contributed by atoms with E-state index in [2.05, 4.69) is 10.3 Å². The molecule has 1 aromatic carbocycles. The molecule has 2 aliphatic rings. The van der Waals surface area contributed by atoms with Crippen LogP contribution in [-0.2, 0) is 19.0 Å².